The summed E-state index contributed by atoms with van der Waals surface area (Å²) in [4.78, 5) is 10.6. The molecular weight excluding hydrogens is 174 g/mol. The number of rotatable bonds is 3. The molecule has 1 saturated carbocycles. The molecular formula is C12H25NO. The number of carbonyl (C=O) groups is 1. The Bertz CT molecular complexity index is 139. The minimum absolute atomic E-state index is 0.103. The summed E-state index contributed by atoms with van der Waals surface area (Å²) in [6, 6.07) is 0. The first-order valence-electron chi connectivity index (χ1n) is 6.03. The van der Waals surface area contributed by atoms with Crippen molar-refractivity contribution >= 4 is 5.91 Å². The number of hydrogen-bond donors (Lipinski definition) is 1. The van der Waals surface area contributed by atoms with Gasteiger partial charge in [0.1, 0.15) is 0 Å². The van der Waals surface area contributed by atoms with Crippen LogP contribution in [0, 0.1) is 5.92 Å². The lowest BCUT2D eigenvalue weighted by Gasteiger charge is -2.21. The molecule has 0 heterocycles. The van der Waals surface area contributed by atoms with Crippen LogP contribution in [0.5, 0.6) is 0 Å². The molecule has 1 aliphatic rings. The molecule has 0 unspecified atom stereocenters. The molecule has 2 nitrogen and oxygen atoms in total. The monoisotopic (exact) mass is 199 g/mol. The van der Waals surface area contributed by atoms with Gasteiger partial charge < -0.3 is 5.32 Å². The predicted molar refractivity (Wildman–Crippen MR) is 61.2 cm³/mol. The summed E-state index contributed by atoms with van der Waals surface area (Å²) in [5.41, 5.74) is 0. The van der Waals surface area contributed by atoms with E-state index >= 15 is 0 Å². The van der Waals surface area contributed by atoms with Gasteiger partial charge in [0, 0.05) is 13.5 Å². The van der Waals surface area contributed by atoms with Gasteiger partial charge >= 0.3 is 0 Å². The van der Waals surface area contributed by atoms with Gasteiger partial charge in [0.25, 0.3) is 0 Å². The number of amides is 1. The molecule has 0 aromatic carbocycles. The highest BCUT2D eigenvalue weighted by molar-refractivity contribution is 5.72. The van der Waals surface area contributed by atoms with E-state index in [4.69, 9.17) is 0 Å². The first kappa shape index (κ1) is 13.5. The van der Waals surface area contributed by atoms with Crippen LogP contribution in [-0.4, -0.2) is 12.5 Å². The smallest absolute Gasteiger partial charge is 0.216 e. The summed E-state index contributed by atoms with van der Waals surface area (Å²) >= 11 is 0. The maximum atomic E-state index is 10.6. The zero-order valence-corrected chi connectivity index (χ0v) is 9.94. The second-order valence-electron chi connectivity index (χ2n) is 3.78. The fourth-order valence-electron chi connectivity index (χ4n) is 1.93. The first-order chi connectivity index (χ1) is 6.79. The topological polar surface area (TPSA) is 29.1 Å². The Morgan fingerprint density at radius 2 is 1.79 bits per heavy atom. The van der Waals surface area contributed by atoms with Crippen molar-refractivity contribution in [1.82, 2.24) is 5.32 Å². The average molecular weight is 199 g/mol. The van der Waals surface area contributed by atoms with E-state index in [0.29, 0.717) is 0 Å². The first-order valence-corrected chi connectivity index (χ1v) is 6.03. The normalized spacial score (nSPS) is 16.8. The SMILES string of the molecule is CC.CC(=O)NCCC1CCCCC1. The van der Waals surface area contributed by atoms with Crippen LogP contribution in [0.4, 0.5) is 0 Å². The van der Waals surface area contributed by atoms with E-state index in [2.05, 4.69) is 5.32 Å². The highest BCUT2D eigenvalue weighted by Crippen LogP contribution is 2.25. The van der Waals surface area contributed by atoms with E-state index in [1.165, 1.54) is 38.5 Å². The summed E-state index contributed by atoms with van der Waals surface area (Å²) in [6.45, 7) is 6.46. The van der Waals surface area contributed by atoms with E-state index in [0.717, 1.165) is 12.5 Å². The van der Waals surface area contributed by atoms with Crippen molar-refractivity contribution in [3.05, 3.63) is 0 Å². The molecule has 0 radical (unpaired) electrons. The molecule has 2 heteroatoms. The van der Waals surface area contributed by atoms with Gasteiger partial charge in [0.15, 0.2) is 0 Å². The van der Waals surface area contributed by atoms with Crippen LogP contribution in [-0.2, 0) is 4.79 Å². The Morgan fingerprint density at radius 1 is 1.21 bits per heavy atom. The van der Waals surface area contributed by atoms with Gasteiger partial charge in [-0.05, 0) is 12.3 Å². The van der Waals surface area contributed by atoms with Crippen LogP contribution in [0.1, 0.15) is 59.3 Å². The van der Waals surface area contributed by atoms with Crippen molar-refractivity contribution in [3.63, 3.8) is 0 Å². The standard InChI is InChI=1S/C10H19NO.C2H6/c1-9(12)11-8-7-10-5-3-2-4-6-10;1-2/h10H,2-8H2,1H3,(H,11,12);1-2H3. The Morgan fingerprint density at radius 3 is 2.29 bits per heavy atom. The van der Waals surface area contributed by atoms with Crippen molar-refractivity contribution in [1.29, 1.82) is 0 Å². The fourth-order valence-corrected chi connectivity index (χ4v) is 1.93. The molecule has 1 fully saturated rings. The van der Waals surface area contributed by atoms with Gasteiger partial charge in [-0.2, -0.15) is 0 Å². The molecule has 1 N–H and O–H groups in total. The van der Waals surface area contributed by atoms with Gasteiger partial charge in [-0.25, -0.2) is 0 Å². The van der Waals surface area contributed by atoms with Crippen LogP contribution in [0.3, 0.4) is 0 Å². The van der Waals surface area contributed by atoms with E-state index in [-0.39, 0.29) is 5.91 Å². The maximum absolute atomic E-state index is 10.6. The predicted octanol–water partition coefficient (Wildman–Crippen LogP) is 3.12. The van der Waals surface area contributed by atoms with Crippen molar-refractivity contribution in [3.8, 4) is 0 Å². The second kappa shape index (κ2) is 9.04. The molecule has 84 valence electrons. The fraction of sp³-hybridized carbons (Fsp3) is 0.917. The molecule has 1 amide bonds. The molecule has 14 heavy (non-hydrogen) atoms. The number of nitrogens with one attached hydrogen (secondary N) is 1. The Balaban J connectivity index is 0.000000791. The quantitative estimate of drug-likeness (QED) is 0.743. The maximum Gasteiger partial charge on any atom is 0.216 e. The van der Waals surface area contributed by atoms with Crippen LogP contribution in [0.25, 0.3) is 0 Å². The van der Waals surface area contributed by atoms with E-state index in [9.17, 15) is 4.79 Å². The average Bonchev–Trinajstić information content (AvgIpc) is 2.22. The van der Waals surface area contributed by atoms with E-state index in [1.54, 1.807) is 6.92 Å². The van der Waals surface area contributed by atoms with Crippen LogP contribution in [0.2, 0.25) is 0 Å². The molecule has 1 rings (SSSR count). The molecule has 0 aromatic rings. The van der Waals surface area contributed by atoms with Gasteiger partial charge in [-0.1, -0.05) is 46.0 Å². The van der Waals surface area contributed by atoms with Crippen LogP contribution in [0.15, 0.2) is 0 Å². The third-order valence-electron chi connectivity index (χ3n) is 2.65. The van der Waals surface area contributed by atoms with Crippen molar-refractivity contribution < 1.29 is 4.79 Å². The molecule has 0 bridgehead atoms. The van der Waals surface area contributed by atoms with Gasteiger partial charge in [-0.3, -0.25) is 4.79 Å². The molecule has 0 spiro atoms. The minimum atomic E-state index is 0.103. The lowest BCUT2D eigenvalue weighted by molar-refractivity contribution is -0.119. The molecule has 0 aromatic heterocycles. The lowest BCUT2D eigenvalue weighted by atomic mass is 9.87. The zero-order valence-electron chi connectivity index (χ0n) is 9.94. The summed E-state index contributed by atoms with van der Waals surface area (Å²) < 4.78 is 0. The minimum Gasteiger partial charge on any atom is -0.356 e. The molecule has 1 aliphatic carbocycles. The largest absolute Gasteiger partial charge is 0.356 e. The van der Waals surface area contributed by atoms with Gasteiger partial charge in [0.2, 0.25) is 5.91 Å². The number of carbonyl (C=O) groups excluding carboxylic acids is 1. The van der Waals surface area contributed by atoms with Gasteiger partial charge in [-0.15, -0.1) is 0 Å². The summed E-state index contributed by atoms with van der Waals surface area (Å²) in [6.07, 6.45) is 8.13. The Hall–Kier alpha value is -0.530. The van der Waals surface area contributed by atoms with Crippen LogP contribution < -0.4 is 5.32 Å². The highest BCUT2D eigenvalue weighted by atomic mass is 16.1. The number of hydrogen-bond acceptors (Lipinski definition) is 1. The zero-order chi connectivity index (χ0) is 10.8. The molecule has 0 atom stereocenters. The van der Waals surface area contributed by atoms with Crippen molar-refractivity contribution in [2.24, 2.45) is 5.92 Å². The van der Waals surface area contributed by atoms with Crippen molar-refractivity contribution in [2.45, 2.75) is 59.3 Å². The lowest BCUT2D eigenvalue weighted by Crippen LogP contribution is -2.23. The Kier molecular flexibility index (Phi) is 8.70. The molecule has 0 saturated heterocycles. The Labute approximate surface area is 88.5 Å². The van der Waals surface area contributed by atoms with E-state index in [1.807, 2.05) is 13.8 Å². The van der Waals surface area contributed by atoms with Crippen LogP contribution >= 0.6 is 0 Å². The summed E-state index contributed by atoms with van der Waals surface area (Å²) in [7, 11) is 0. The summed E-state index contributed by atoms with van der Waals surface area (Å²) in [5, 5.41) is 2.85. The summed E-state index contributed by atoms with van der Waals surface area (Å²) in [5.74, 6) is 0.983. The van der Waals surface area contributed by atoms with E-state index < -0.39 is 0 Å². The molecule has 0 aliphatic heterocycles. The third-order valence-corrected chi connectivity index (χ3v) is 2.65. The van der Waals surface area contributed by atoms with Gasteiger partial charge in [0.05, 0.1) is 0 Å². The van der Waals surface area contributed by atoms with Crippen molar-refractivity contribution in [2.75, 3.05) is 6.54 Å². The second-order valence-corrected chi connectivity index (χ2v) is 3.78. The third kappa shape index (κ3) is 6.93. The highest BCUT2D eigenvalue weighted by Gasteiger charge is 2.12.